The average Bonchev–Trinajstić information content (AvgIpc) is 2.50. The molecule has 1 rings (SSSR count). The predicted molar refractivity (Wildman–Crippen MR) is 80.5 cm³/mol. The van der Waals surface area contributed by atoms with Gasteiger partial charge < -0.3 is 21.3 Å². The van der Waals surface area contributed by atoms with E-state index in [0.29, 0.717) is 6.41 Å². The molecule has 4 N–H and O–H groups in total. The molecule has 0 atom stereocenters. The van der Waals surface area contributed by atoms with E-state index in [1.807, 2.05) is 45.2 Å². The minimum atomic E-state index is -0.211. The van der Waals surface area contributed by atoms with Crippen molar-refractivity contribution in [3.63, 3.8) is 0 Å². The molecule has 0 saturated heterocycles. The highest BCUT2D eigenvalue weighted by Crippen LogP contribution is 2.12. The average molecular weight is 268 g/mol. The first-order valence-electron chi connectivity index (χ1n) is 6.05. The topological polar surface area (TPSA) is 82.3 Å². The normalized spacial score (nSPS) is 7.63. The third-order valence-electron chi connectivity index (χ3n) is 1.78. The number of rotatable bonds is 3. The Morgan fingerprint density at radius 2 is 1.42 bits per heavy atom. The SMILES string of the molecule is CC.CNC(=O)Nc1ccc(NC)cc1.CNC=O. The van der Waals surface area contributed by atoms with E-state index in [1.165, 1.54) is 0 Å². The van der Waals surface area contributed by atoms with Crippen LogP contribution in [-0.4, -0.2) is 33.6 Å². The standard InChI is InChI=1S/C9H13N3O.C2H5NO.C2H6/c1-10-7-3-5-8(6-4-7)12-9(13)11-2;1-3-2-4;1-2/h3-6,10H,1-2H3,(H2,11,12,13);2H,1H3,(H,3,4);1-2H3. The fraction of sp³-hybridized carbons (Fsp3) is 0.385. The Balaban J connectivity index is 0. The Labute approximate surface area is 115 Å². The monoisotopic (exact) mass is 268 g/mol. The van der Waals surface area contributed by atoms with E-state index in [4.69, 9.17) is 4.79 Å². The molecular weight excluding hydrogens is 244 g/mol. The number of anilines is 2. The number of benzene rings is 1. The molecule has 0 fully saturated rings. The van der Waals surface area contributed by atoms with Gasteiger partial charge in [-0.15, -0.1) is 0 Å². The molecule has 108 valence electrons. The van der Waals surface area contributed by atoms with Gasteiger partial charge in [-0.2, -0.15) is 0 Å². The first kappa shape index (κ1) is 19.1. The van der Waals surface area contributed by atoms with Gasteiger partial charge in [0.15, 0.2) is 0 Å². The zero-order valence-corrected chi connectivity index (χ0v) is 12.2. The van der Waals surface area contributed by atoms with Crippen LogP contribution in [0.1, 0.15) is 13.8 Å². The maximum Gasteiger partial charge on any atom is 0.318 e. The Hall–Kier alpha value is -2.24. The van der Waals surface area contributed by atoms with Crippen molar-refractivity contribution in [1.82, 2.24) is 10.6 Å². The van der Waals surface area contributed by atoms with Crippen molar-refractivity contribution in [3.8, 4) is 0 Å². The summed E-state index contributed by atoms with van der Waals surface area (Å²) in [4.78, 5) is 20.0. The first-order chi connectivity index (χ1) is 9.17. The van der Waals surface area contributed by atoms with Crippen LogP contribution in [0.5, 0.6) is 0 Å². The summed E-state index contributed by atoms with van der Waals surface area (Å²) in [6.07, 6.45) is 0.625. The Bertz CT molecular complexity index is 339. The van der Waals surface area contributed by atoms with Gasteiger partial charge in [-0.05, 0) is 24.3 Å². The molecule has 0 heterocycles. The van der Waals surface area contributed by atoms with Crippen LogP contribution in [0.15, 0.2) is 24.3 Å². The van der Waals surface area contributed by atoms with Gasteiger partial charge in [0.2, 0.25) is 6.41 Å². The van der Waals surface area contributed by atoms with E-state index in [-0.39, 0.29) is 6.03 Å². The van der Waals surface area contributed by atoms with Crippen molar-refractivity contribution < 1.29 is 9.59 Å². The molecule has 0 aliphatic rings. The molecule has 0 aliphatic carbocycles. The molecule has 0 unspecified atom stereocenters. The molecular formula is C13H24N4O2. The van der Waals surface area contributed by atoms with E-state index in [0.717, 1.165) is 11.4 Å². The minimum Gasteiger partial charge on any atom is -0.388 e. The molecule has 19 heavy (non-hydrogen) atoms. The van der Waals surface area contributed by atoms with Crippen LogP contribution in [0.2, 0.25) is 0 Å². The summed E-state index contributed by atoms with van der Waals surface area (Å²) in [6, 6.07) is 7.25. The lowest BCUT2D eigenvalue weighted by molar-refractivity contribution is -0.109. The summed E-state index contributed by atoms with van der Waals surface area (Å²) in [5.41, 5.74) is 1.79. The van der Waals surface area contributed by atoms with Crippen LogP contribution >= 0.6 is 0 Å². The maximum atomic E-state index is 10.9. The molecule has 0 radical (unpaired) electrons. The number of nitrogens with one attached hydrogen (secondary N) is 4. The molecule has 0 aromatic heterocycles. The molecule has 0 saturated carbocycles. The summed E-state index contributed by atoms with van der Waals surface area (Å²) >= 11 is 0. The van der Waals surface area contributed by atoms with Crippen molar-refractivity contribution in [2.24, 2.45) is 0 Å². The van der Waals surface area contributed by atoms with Crippen LogP contribution < -0.4 is 21.3 Å². The highest BCUT2D eigenvalue weighted by Gasteiger charge is 1.96. The fourth-order valence-corrected chi connectivity index (χ4v) is 0.914. The Kier molecular flexibility index (Phi) is 13.9. The maximum absolute atomic E-state index is 10.9. The van der Waals surface area contributed by atoms with E-state index in [2.05, 4.69) is 21.3 Å². The summed E-state index contributed by atoms with van der Waals surface area (Å²) < 4.78 is 0. The molecule has 3 amide bonds. The van der Waals surface area contributed by atoms with E-state index in [9.17, 15) is 4.79 Å². The van der Waals surface area contributed by atoms with Crippen LogP contribution in [-0.2, 0) is 4.79 Å². The van der Waals surface area contributed by atoms with Gasteiger partial charge in [0.25, 0.3) is 0 Å². The third-order valence-corrected chi connectivity index (χ3v) is 1.78. The molecule has 0 spiro atoms. The third kappa shape index (κ3) is 10.6. The highest BCUT2D eigenvalue weighted by molar-refractivity contribution is 5.89. The lowest BCUT2D eigenvalue weighted by Gasteiger charge is -2.05. The van der Waals surface area contributed by atoms with Gasteiger partial charge >= 0.3 is 6.03 Å². The van der Waals surface area contributed by atoms with Gasteiger partial charge in [-0.1, -0.05) is 13.8 Å². The number of amides is 3. The van der Waals surface area contributed by atoms with Gasteiger partial charge in [-0.25, -0.2) is 4.79 Å². The summed E-state index contributed by atoms with van der Waals surface area (Å²) in [5, 5.41) is 10.4. The lowest BCUT2D eigenvalue weighted by Crippen LogP contribution is -2.24. The second-order valence-corrected chi connectivity index (χ2v) is 2.94. The van der Waals surface area contributed by atoms with Gasteiger partial charge in [0.05, 0.1) is 0 Å². The molecule has 0 aliphatic heterocycles. The van der Waals surface area contributed by atoms with Crippen LogP contribution in [0.3, 0.4) is 0 Å². The van der Waals surface area contributed by atoms with Gasteiger partial charge in [0.1, 0.15) is 0 Å². The van der Waals surface area contributed by atoms with E-state index < -0.39 is 0 Å². The largest absolute Gasteiger partial charge is 0.388 e. The molecule has 1 aromatic rings. The second-order valence-electron chi connectivity index (χ2n) is 2.94. The van der Waals surface area contributed by atoms with Crippen molar-refractivity contribution in [2.75, 3.05) is 31.8 Å². The van der Waals surface area contributed by atoms with Gasteiger partial charge in [-0.3, -0.25) is 4.79 Å². The van der Waals surface area contributed by atoms with Crippen molar-refractivity contribution >= 4 is 23.8 Å². The van der Waals surface area contributed by atoms with Crippen LogP contribution in [0.25, 0.3) is 0 Å². The molecule has 0 bridgehead atoms. The van der Waals surface area contributed by atoms with Crippen molar-refractivity contribution in [3.05, 3.63) is 24.3 Å². The predicted octanol–water partition coefficient (Wildman–Crippen LogP) is 1.87. The quantitative estimate of drug-likeness (QED) is 0.632. The number of hydrogen-bond acceptors (Lipinski definition) is 3. The van der Waals surface area contributed by atoms with Crippen LogP contribution in [0.4, 0.5) is 16.2 Å². The van der Waals surface area contributed by atoms with Crippen LogP contribution in [0, 0.1) is 0 Å². The highest BCUT2D eigenvalue weighted by atomic mass is 16.2. The van der Waals surface area contributed by atoms with E-state index >= 15 is 0 Å². The van der Waals surface area contributed by atoms with E-state index in [1.54, 1.807) is 14.1 Å². The Morgan fingerprint density at radius 1 is 1.00 bits per heavy atom. The van der Waals surface area contributed by atoms with Crippen molar-refractivity contribution in [2.45, 2.75) is 13.8 Å². The molecule has 6 heteroatoms. The second kappa shape index (κ2) is 13.8. The zero-order valence-electron chi connectivity index (χ0n) is 12.2. The smallest absolute Gasteiger partial charge is 0.318 e. The summed E-state index contributed by atoms with van der Waals surface area (Å²) in [5.74, 6) is 0. The van der Waals surface area contributed by atoms with Crippen molar-refractivity contribution in [1.29, 1.82) is 0 Å². The number of carbonyl (C=O) groups is 2. The Morgan fingerprint density at radius 3 is 1.74 bits per heavy atom. The minimum absolute atomic E-state index is 0.211. The molecule has 1 aromatic carbocycles. The number of urea groups is 1. The van der Waals surface area contributed by atoms with Gasteiger partial charge in [0, 0.05) is 32.5 Å². The fourth-order valence-electron chi connectivity index (χ4n) is 0.914. The first-order valence-corrected chi connectivity index (χ1v) is 6.05. The zero-order chi connectivity index (χ0) is 15.1. The number of hydrogen-bond donors (Lipinski definition) is 4. The number of carbonyl (C=O) groups excluding carboxylic acids is 2. The summed E-state index contributed by atoms with van der Waals surface area (Å²) in [6.45, 7) is 4.00. The molecule has 6 nitrogen and oxygen atoms in total. The lowest BCUT2D eigenvalue weighted by atomic mass is 10.3. The summed E-state index contributed by atoms with van der Waals surface area (Å²) in [7, 11) is 4.99.